The van der Waals surface area contributed by atoms with Gasteiger partial charge in [0.15, 0.2) is 44.0 Å². The summed E-state index contributed by atoms with van der Waals surface area (Å²) in [5, 5.41) is 324. The Kier molecular flexibility index (Phi) is 37.4. The number of carboxylic acids is 2. The molecule has 57 nitrogen and oxygen atoms in total. The van der Waals surface area contributed by atoms with E-state index in [2.05, 4.69) is 26.6 Å². The molecule has 9 fully saturated rings. The number of ether oxygens (including phenoxy) is 17. The van der Waals surface area contributed by atoms with Crippen molar-refractivity contribution in [3.63, 3.8) is 0 Å². The van der Waals surface area contributed by atoms with E-state index in [1.807, 2.05) is 0 Å². The van der Waals surface area contributed by atoms with Gasteiger partial charge in [0.25, 0.3) is 11.6 Å². The predicted molar refractivity (Wildman–Crippen MR) is 389 cm³/mol. The summed E-state index contributed by atoms with van der Waals surface area (Å²) in [5.41, 5.74) is 0. The summed E-state index contributed by atoms with van der Waals surface area (Å²) in [7, 11) is 0. The quantitative estimate of drug-likeness (QED) is 0.0277. The van der Waals surface area contributed by atoms with Gasteiger partial charge in [-0.1, -0.05) is 0 Å². The van der Waals surface area contributed by atoms with Crippen molar-refractivity contribution in [1.29, 1.82) is 0 Å². The molecule has 0 aromatic heterocycles. The third-order valence-corrected chi connectivity index (χ3v) is 22.7. The van der Waals surface area contributed by atoms with E-state index in [9.17, 15) is 177 Å². The summed E-state index contributed by atoms with van der Waals surface area (Å²) in [4.78, 5) is 89.7. The van der Waals surface area contributed by atoms with Crippen LogP contribution in [0.1, 0.15) is 47.5 Å². The van der Waals surface area contributed by atoms with E-state index in [1.165, 1.54) is 0 Å². The van der Waals surface area contributed by atoms with Crippen molar-refractivity contribution in [2.45, 2.75) is 335 Å². The number of carbonyl (C=O) groups is 7. The molecule has 0 spiro atoms. The maximum absolute atomic E-state index is 13.4. The molecule has 9 heterocycles. The lowest BCUT2D eigenvalue weighted by atomic mass is 9.88. The Morgan fingerprint density at radius 3 is 1.05 bits per heavy atom. The number of nitrogens with one attached hydrogen (secondary N) is 5. The Labute approximate surface area is 717 Å². The topological polar surface area (TPSA) is 903 Å². The van der Waals surface area contributed by atoms with Gasteiger partial charge in [-0.2, -0.15) is 0 Å². The minimum absolute atomic E-state index is 0.838. The maximum Gasteiger partial charge on any atom is 0.364 e. The molecule has 0 bridgehead atoms. The average molecular weight is 1860 g/mol. The summed E-state index contributed by atoms with van der Waals surface area (Å²) in [6.45, 7) is -6.66. The zero-order chi connectivity index (χ0) is 94.4. The minimum Gasteiger partial charge on any atom is -0.477 e. The summed E-state index contributed by atoms with van der Waals surface area (Å²) >= 11 is 0. The fraction of sp³-hybridized carbons (Fsp3) is 0.900. The Morgan fingerprint density at radius 2 is 0.638 bits per heavy atom. The molecule has 9 rings (SSSR count). The molecule has 9 saturated heterocycles. The van der Waals surface area contributed by atoms with Gasteiger partial charge in [-0.15, -0.1) is 0 Å². The zero-order valence-electron chi connectivity index (χ0n) is 68.1. The number of aliphatic carboxylic acids is 2. The number of carbonyl (C=O) groups excluding carboxylic acids is 5. The Morgan fingerprint density at radius 1 is 0.323 bits per heavy atom. The summed E-state index contributed by atoms with van der Waals surface area (Å²) in [6.07, 6.45) is -92.8. The number of amides is 5. The van der Waals surface area contributed by atoms with E-state index in [0.717, 1.165) is 34.6 Å². The van der Waals surface area contributed by atoms with Gasteiger partial charge in [0.1, 0.15) is 207 Å². The van der Waals surface area contributed by atoms with E-state index >= 15 is 0 Å². The van der Waals surface area contributed by atoms with Crippen LogP contribution >= 0.6 is 0 Å². The van der Waals surface area contributed by atoms with Gasteiger partial charge in [-0.25, -0.2) is 9.59 Å². The molecule has 0 aromatic rings. The van der Waals surface area contributed by atoms with E-state index in [0.29, 0.717) is 0 Å². The van der Waals surface area contributed by atoms with Gasteiger partial charge in [-0.3, -0.25) is 24.0 Å². The van der Waals surface area contributed by atoms with Gasteiger partial charge in [-0.05, 0) is 0 Å². The second-order valence-corrected chi connectivity index (χ2v) is 31.7. The van der Waals surface area contributed by atoms with Crippen LogP contribution in [0.4, 0.5) is 0 Å². The van der Waals surface area contributed by atoms with Crippen LogP contribution in [0.5, 0.6) is 0 Å². The molecule has 732 valence electrons. The molecule has 9 aliphatic heterocycles. The number of carboxylic acid groups (broad SMARTS) is 2. The molecule has 5 amide bonds. The van der Waals surface area contributed by atoms with Crippen LogP contribution in [0.15, 0.2) is 0 Å². The fourth-order valence-electron chi connectivity index (χ4n) is 16.3. The van der Waals surface area contributed by atoms with Crippen LogP contribution < -0.4 is 26.6 Å². The molecule has 127 heavy (non-hydrogen) atoms. The Hall–Kier alpha value is -5.43. The summed E-state index contributed by atoms with van der Waals surface area (Å²) in [6, 6.07) is -9.54. The standard InChI is InChI=1S/C70H115N5O52/c1-17(84)71-33-22(89)6-69(67(107)108,125-55(33)38(93)24(91)8-76)111-16-32-40(95)46(101)47(102)63(118-32)120-52-29(13-81)116-62(37(45(52)100)75-21(5)88)124-59-48(103)54(31(15-83)117-66(59)123-57-41(96)26(10-78)113-64(49(57)104)121-51-28(12-80)112-60(106)35(43(51)98)73-19(3)86)119-61-36(74-20(4)87)44(99)53(30(14-82)115-61)122-65-50(105)58(42(97)27(11-79)114-65)127-70(68(109)110)7-23(90)34(72-18(2)85)56(126-70)39(94)25(92)9-77/h22-66,76-83,89-106H,6-16H2,1-5H3,(H,71,84)(H,72,85)(H,73,86)(H,74,87)(H,75,88)(H,107,108)(H,109,110)/t22-,23-,24+,25+,26+,27+,28+,29+,30+,31+,32+,33+,34+,35+,36+,37+,38+,39+,40-,41+,42-,43+,44+,45+,46-,47+,48-,49-,50+,51+,52+,53+,54+,55+,56+,57-,58-,59-,60?,61-,62-,63-,64-,65-,66+,69+,70-/m0/s1. The first kappa shape index (κ1) is 105. The highest BCUT2D eigenvalue weighted by Crippen LogP contribution is 2.43. The number of rotatable bonds is 36. The molecule has 1 unspecified atom stereocenters. The SMILES string of the molecule is CC(=O)N[C@H]1[C@H](O[C@@H]2[C@@H](O[C@@H]3[C@H](O)[C@H](O[C@H]4[C@H](O)[C@@H](NC(C)=O)C(O)O[C@@H]4CO)O[C@H](CO)[C@H]3O)O[C@H](CO)[C@@H](O[C@@H]3O[C@H](CO)[C@@H](O[C@@H]4O[C@H](CO)[C@H](O)[C@H](O[C@]5(C(=O)O)C[C@H](O)[C@@H](NC(C)=O)[C@H]([C@H](O)[C@H](O)CO)O5)[C@H]4O)[C@H](O)[C@H]3NC(C)=O)[C@@H]2O)O[C@H](CO)[C@@H](O[C@@H]2O[C@H](CO[C@]3(C(=O)O)C[C@H](O)[C@@H](NC(C)=O)[C@H]([C@H](O)[C@H](O)CO)O3)[C@H](O)[C@H](O)[C@H]2O)[C@@H]1O. The predicted octanol–water partition coefficient (Wildman–Crippen LogP) is -21.5. The smallest absolute Gasteiger partial charge is 0.364 e. The first-order valence-electron chi connectivity index (χ1n) is 39.9. The van der Waals surface area contributed by atoms with Gasteiger partial charge in [0.05, 0.1) is 83.8 Å². The second-order valence-electron chi connectivity index (χ2n) is 31.7. The van der Waals surface area contributed by atoms with Crippen molar-refractivity contribution in [2.75, 3.05) is 59.5 Å². The van der Waals surface area contributed by atoms with Crippen molar-refractivity contribution in [3.05, 3.63) is 0 Å². The second kappa shape index (κ2) is 45.1. The van der Waals surface area contributed by atoms with Crippen molar-refractivity contribution >= 4 is 41.5 Å². The molecule has 0 aliphatic carbocycles. The van der Waals surface area contributed by atoms with Crippen LogP contribution in [0, 0.1) is 0 Å². The monoisotopic (exact) mass is 1860 g/mol. The largest absolute Gasteiger partial charge is 0.477 e. The molecular formula is C70H115N5O52. The highest BCUT2D eigenvalue weighted by molar-refractivity contribution is 5.78. The lowest BCUT2D eigenvalue weighted by Gasteiger charge is -2.52. The molecule has 57 heteroatoms. The summed E-state index contributed by atoms with van der Waals surface area (Å²) < 4.78 is 100. The highest BCUT2D eigenvalue weighted by atomic mass is 16.8. The van der Waals surface area contributed by atoms with Crippen molar-refractivity contribution in [1.82, 2.24) is 26.6 Å². The molecule has 0 radical (unpaired) electrons. The van der Waals surface area contributed by atoms with Crippen LogP contribution in [-0.4, -0.2) is 531 Å². The molecule has 47 atom stereocenters. The molecule has 0 aromatic carbocycles. The average Bonchev–Trinajstić information content (AvgIpc) is 0.764. The molecule has 0 saturated carbocycles. The lowest BCUT2D eigenvalue weighted by molar-refractivity contribution is -0.405. The number of hydrogen-bond donors (Lipinski definition) is 33. The Bertz CT molecular complexity index is 3580. The zero-order valence-corrected chi connectivity index (χ0v) is 68.1. The maximum atomic E-state index is 13.4. The van der Waals surface area contributed by atoms with Crippen LogP contribution in [0.25, 0.3) is 0 Å². The number of aliphatic hydroxyl groups is 26. The minimum atomic E-state index is -3.33. The normalized spacial score (nSPS) is 45.5. The number of hydrogen-bond acceptors (Lipinski definition) is 50. The lowest BCUT2D eigenvalue weighted by Crippen LogP contribution is -2.72. The van der Waals surface area contributed by atoms with Crippen LogP contribution in [-0.2, 0) is 114 Å². The van der Waals surface area contributed by atoms with Crippen LogP contribution in [0.3, 0.4) is 0 Å². The molecule has 9 aliphatic rings. The highest BCUT2D eigenvalue weighted by Gasteiger charge is 2.65. The van der Waals surface area contributed by atoms with Gasteiger partial charge in [0, 0.05) is 47.5 Å². The van der Waals surface area contributed by atoms with Crippen molar-refractivity contribution < 1.29 is 257 Å². The third-order valence-electron chi connectivity index (χ3n) is 22.7. The van der Waals surface area contributed by atoms with Crippen molar-refractivity contribution in [3.8, 4) is 0 Å². The van der Waals surface area contributed by atoms with E-state index < -0.39 is 401 Å². The van der Waals surface area contributed by atoms with Gasteiger partial charge in [0.2, 0.25) is 29.5 Å². The first-order valence-corrected chi connectivity index (χ1v) is 39.9. The summed E-state index contributed by atoms with van der Waals surface area (Å²) in [5.74, 6) is -15.5. The Balaban J connectivity index is 1.04. The van der Waals surface area contributed by atoms with Crippen LogP contribution in [0.2, 0.25) is 0 Å². The third kappa shape index (κ3) is 23.3. The van der Waals surface area contributed by atoms with Gasteiger partial charge >= 0.3 is 11.9 Å². The van der Waals surface area contributed by atoms with E-state index in [1.54, 1.807) is 0 Å². The fourth-order valence-corrected chi connectivity index (χ4v) is 16.3. The number of aliphatic hydroxyl groups excluding tert-OH is 26. The molecule has 33 N–H and O–H groups in total. The van der Waals surface area contributed by atoms with Crippen molar-refractivity contribution in [2.24, 2.45) is 0 Å². The van der Waals surface area contributed by atoms with Gasteiger partial charge < -0.3 is 250 Å². The van der Waals surface area contributed by atoms with E-state index in [4.69, 9.17) is 80.5 Å². The molecular weight excluding hydrogens is 1740 g/mol. The van der Waals surface area contributed by atoms with E-state index in [-0.39, 0.29) is 0 Å². The first-order chi connectivity index (χ1) is 59.7.